The van der Waals surface area contributed by atoms with Crippen molar-refractivity contribution in [3.05, 3.63) is 29.8 Å². The Bertz CT molecular complexity index is 703. The number of nitrogens with zero attached hydrogens (tertiary/aromatic N) is 5. The molecule has 2 aromatic heterocycles. The van der Waals surface area contributed by atoms with Crippen LogP contribution in [0.3, 0.4) is 0 Å². The number of hydrogen-bond donors (Lipinski definition) is 1. The number of carbonyl (C=O) groups excluding carboxylic acids is 1. The van der Waals surface area contributed by atoms with Crippen LogP contribution >= 0.6 is 0 Å². The molecular formula is C14H18N6O3. The summed E-state index contributed by atoms with van der Waals surface area (Å²) in [7, 11) is 1.62. The van der Waals surface area contributed by atoms with Gasteiger partial charge in [0.15, 0.2) is 5.82 Å². The molecule has 0 bridgehead atoms. The lowest BCUT2D eigenvalue weighted by atomic mass is 10.2. The molecule has 9 heteroatoms. The quantitative estimate of drug-likeness (QED) is 0.913. The number of ether oxygens (including phenoxy) is 1. The molecule has 3 rings (SSSR count). The molecule has 0 radical (unpaired) electrons. The maximum atomic E-state index is 12.6. The number of anilines is 1. The summed E-state index contributed by atoms with van der Waals surface area (Å²) in [6.07, 6.45) is 2.12. The second-order valence-electron chi connectivity index (χ2n) is 5.36. The summed E-state index contributed by atoms with van der Waals surface area (Å²) in [5.41, 5.74) is 0. The van der Waals surface area contributed by atoms with Crippen LogP contribution in [0.25, 0.3) is 0 Å². The number of carbonyl (C=O) groups is 1. The third kappa shape index (κ3) is 3.29. The molecule has 1 saturated heterocycles. The maximum Gasteiger partial charge on any atom is 0.323 e. The van der Waals surface area contributed by atoms with Crippen LogP contribution in [0.4, 0.5) is 10.6 Å². The van der Waals surface area contributed by atoms with Crippen molar-refractivity contribution in [3.63, 3.8) is 0 Å². The Morgan fingerprint density at radius 3 is 2.87 bits per heavy atom. The predicted molar refractivity (Wildman–Crippen MR) is 79.7 cm³/mol. The number of amides is 2. The second-order valence-corrected chi connectivity index (χ2v) is 5.36. The third-order valence-corrected chi connectivity index (χ3v) is 3.70. The topological polar surface area (TPSA) is 106 Å². The van der Waals surface area contributed by atoms with E-state index in [2.05, 4.69) is 25.4 Å². The van der Waals surface area contributed by atoms with Gasteiger partial charge in [-0.15, -0.1) is 0 Å². The van der Waals surface area contributed by atoms with E-state index in [-0.39, 0.29) is 18.2 Å². The minimum Gasteiger partial charge on any atom is -0.380 e. The first kappa shape index (κ1) is 15.3. The average Bonchev–Trinajstić information content (AvgIpc) is 3.13. The van der Waals surface area contributed by atoms with Crippen LogP contribution in [0.1, 0.15) is 30.0 Å². The molecule has 2 atom stereocenters. The summed E-state index contributed by atoms with van der Waals surface area (Å²) >= 11 is 0. The highest BCUT2D eigenvalue weighted by molar-refractivity contribution is 5.88. The molecule has 2 aromatic rings. The largest absolute Gasteiger partial charge is 0.380 e. The zero-order valence-corrected chi connectivity index (χ0v) is 13.2. The smallest absolute Gasteiger partial charge is 0.323 e. The molecule has 0 spiro atoms. The van der Waals surface area contributed by atoms with Crippen LogP contribution in [0.5, 0.6) is 0 Å². The normalized spacial score (nSPS) is 20.7. The van der Waals surface area contributed by atoms with Crippen molar-refractivity contribution in [1.82, 2.24) is 25.0 Å². The van der Waals surface area contributed by atoms with Gasteiger partial charge in [-0.25, -0.2) is 14.8 Å². The highest BCUT2D eigenvalue weighted by atomic mass is 16.5. The molecule has 23 heavy (non-hydrogen) atoms. The summed E-state index contributed by atoms with van der Waals surface area (Å²) in [4.78, 5) is 26.6. The number of methoxy groups -OCH3 is 1. The summed E-state index contributed by atoms with van der Waals surface area (Å²) in [5, 5.41) is 6.56. The minimum absolute atomic E-state index is 0.0786. The molecule has 9 nitrogen and oxygen atoms in total. The van der Waals surface area contributed by atoms with Crippen molar-refractivity contribution in [3.8, 4) is 0 Å². The molecule has 3 heterocycles. The fourth-order valence-corrected chi connectivity index (χ4v) is 2.58. The summed E-state index contributed by atoms with van der Waals surface area (Å²) < 4.78 is 10.6. The van der Waals surface area contributed by atoms with E-state index < -0.39 is 0 Å². The fourth-order valence-electron chi connectivity index (χ4n) is 2.58. The van der Waals surface area contributed by atoms with Gasteiger partial charge in [-0.05, 0) is 19.9 Å². The molecule has 1 fully saturated rings. The van der Waals surface area contributed by atoms with Gasteiger partial charge in [0.25, 0.3) is 0 Å². The lowest BCUT2D eigenvalue weighted by Crippen LogP contribution is -2.36. The standard InChI is InChI=1S/C14H18N6O3/c1-8-15-5-4-12(16-8)18-14(21)20-7-10(22-3)6-11(20)13-17-9(2)19-23-13/h4-5,10-11H,6-7H2,1-3H3,(H,15,16,18,21)/t10-,11-/m1/s1. The summed E-state index contributed by atoms with van der Waals surface area (Å²) in [6.45, 7) is 3.94. The van der Waals surface area contributed by atoms with Gasteiger partial charge in [0.05, 0.1) is 6.10 Å². The lowest BCUT2D eigenvalue weighted by Gasteiger charge is -2.21. The van der Waals surface area contributed by atoms with Crippen LogP contribution in [0, 0.1) is 13.8 Å². The zero-order valence-electron chi connectivity index (χ0n) is 13.2. The molecule has 2 amide bonds. The first-order valence-electron chi connectivity index (χ1n) is 7.27. The Morgan fingerprint density at radius 1 is 1.39 bits per heavy atom. The van der Waals surface area contributed by atoms with Crippen LogP contribution in [-0.2, 0) is 4.74 Å². The molecule has 0 unspecified atom stereocenters. The molecule has 0 saturated carbocycles. The van der Waals surface area contributed by atoms with Gasteiger partial charge in [-0.1, -0.05) is 5.16 Å². The molecule has 0 aromatic carbocycles. The maximum absolute atomic E-state index is 12.6. The zero-order chi connectivity index (χ0) is 16.4. The molecule has 1 aliphatic rings. The van der Waals surface area contributed by atoms with Crippen LogP contribution < -0.4 is 5.32 Å². The highest BCUT2D eigenvalue weighted by Gasteiger charge is 2.39. The van der Waals surface area contributed by atoms with Gasteiger partial charge in [-0.2, -0.15) is 4.98 Å². The number of urea groups is 1. The minimum atomic E-state index is -0.316. The first-order valence-corrected chi connectivity index (χ1v) is 7.27. The van der Waals surface area contributed by atoms with E-state index in [1.807, 2.05) is 0 Å². The number of rotatable bonds is 3. The van der Waals surface area contributed by atoms with Crippen LogP contribution in [0.2, 0.25) is 0 Å². The van der Waals surface area contributed by atoms with Gasteiger partial charge in [-0.3, -0.25) is 5.32 Å². The van der Waals surface area contributed by atoms with Crippen molar-refractivity contribution >= 4 is 11.8 Å². The number of hydrogen-bond acceptors (Lipinski definition) is 7. The summed E-state index contributed by atoms with van der Waals surface area (Å²) in [6, 6.07) is 1.04. The van der Waals surface area contributed by atoms with E-state index in [0.717, 1.165) is 0 Å². The number of aryl methyl sites for hydroxylation is 2. The van der Waals surface area contributed by atoms with Gasteiger partial charge in [0, 0.05) is 26.3 Å². The molecule has 1 aliphatic heterocycles. The van der Waals surface area contributed by atoms with Crippen LogP contribution in [0.15, 0.2) is 16.8 Å². The van der Waals surface area contributed by atoms with Crippen molar-refractivity contribution < 1.29 is 14.1 Å². The fraction of sp³-hybridized carbons (Fsp3) is 0.500. The van der Waals surface area contributed by atoms with Crippen molar-refractivity contribution in [2.45, 2.75) is 32.4 Å². The predicted octanol–water partition coefficient (Wildman–Crippen LogP) is 1.47. The van der Waals surface area contributed by atoms with Crippen molar-refractivity contribution in [2.75, 3.05) is 19.0 Å². The SMILES string of the molecule is CO[C@@H]1C[C@H](c2nc(C)no2)N(C(=O)Nc2ccnc(C)n2)C1. The Labute approximate surface area is 133 Å². The van der Waals surface area contributed by atoms with Crippen molar-refractivity contribution in [2.24, 2.45) is 0 Å². The van der Waals surface area contributed by atoms with E-state index in [0.29, 0.717) is 36.3 Å². The number of nitrogens with one attached hydrogen (secondary N) is 1. The van der Waals surface area contributed by atoms with Gasteiger partial charge in [0.2, 0.25) is 5.89 Å². The molecule has 0 aliphatic carbocycles. The Balaban J connectivity index is 1.79. The van der Waals surface area contributed by atoms with E-state index in [1.54, 1.807) is 38.1 Å². The van der Waals surface area contributed by atoms with Crippen LogP contribution in [-0.4, -0.2) is 50.8 Å². The van der Waals surface area contributed by atoms with E-state index in [4.69, 9.17) is 9.26 Å². The Hall–Kier alpha value is -2.55. The summed E-state index contributed by atoms with van der Waals surface area (Å²) in [5.74, 6) is 1.98. The Morgan fingerprint density at radius 2 is 2.22 bits per heavy atom. The highest BCUT2D eigenvalue weighted by Crippen LogP contribution is 2.32. The third-order valence-electron chi connectivity index (χ3n) is 3.70. The van der Waals surface area contributed by atoms with Gasteiger partial charge >= 0.3 is 6.03 Å². The molecule has 1 N–H and O–H groups in total. The van der Waals surface area contributed by atoms with Gasteiger partial charge in [0.1, 0.15) is 17.7 Å². The molecule has 122 valence electrons. The average molecular weight is 318 g/mol. The van der Waals surface area contributed by atoms with E-state index in [9.17, 15) is 4.79 Å². The lowest BCUT2D eigenvalue weighted by molar-refractivity contribution is 0.111. The van der Waals surface area contributed by atoms with E-state index >= 15 is 0 Å². The van der Waals surface area contributed by atoms with Crippen molar-refractivity contribution in [1.29, 1.82) is 0 Å². The second kappa shape index (κ2) is 6.29. The number of aromatic nitrogens is 4. The number of likely N-dealkylation sites (tertiary alicyclic amines) is 1. The van der Waals surface area contributed by atoms with Gasteiger partial charge < -0.3 is 14.2 Å². The monoisotopic (exact) mass is 318 g/mol. The first-order chi connectivity index (χ1) is 11.1. The molecular weight excluding hydrogens is 300 g/mol. The van der Waals surface area contributed by atoms with E-state index in [1.165, 1.54) is 0 Å². The Kier molecular flexibility index (Phi) is 4.20.